The highest BCUT2D eigenvalue weighted by atomic mass is 14.9. The van der Waals surface area contributed by atoms with Gasteiger partial charge < -0.3 is 22.1 Å². The van der Waals surface area contributed by atoms with E-state index in [1.165, 1.54) is 26.1 Å². The molecule has 0 aliphatic carbocycles. The molecule has 0 aromatic rings. The summed E-state index contributed by atoms with van der Waals surface area (Å²) in [4.78, 5) is 0. The number of nitrogens with two attached hydrogens (primary N) is 2. The summed E-state index contributed by atoms with van der Waals surface area (Å²) in [5, 5.41) is 6.60. The van der Waals surface area contributed by atoms with Gasteiger partial charge in [0.05, 0.1) is 0 Å². The van der Waals surface area contributed by atoms with Crippen molar-refractivity contribution in [1.82, 2.24) is 10.6 Å². The summed E-state index contributed by atoms with van der Waals surface area (Å²) in [5.41, 5.74) is 10.4. The quantitative estimate of drug-likeness (QED) is 0.453. The van der Waals surface area contributed by atoms with Crippen molar-refractivity contribution in [2.75, 3.05) is 27.2 Å². The van der Waals surface area contributed by atoms with E-state index >= 15 is 0 Å². The molecule has 0 aromatic carbocycles. The van der Waals surface area contributed by atoms with E-state index in [1.54, 1.807) is 0 Å². The second-order valence-corrected chi connectivity index (χ2v) is 3.21. The van der Waals surface area contributed by atoms with Gasteiger partial charge in [0, 0.05) is 12.6 Å². The molecule has 4 heteroatoms. The van der Waals surface area contributed by atoms with E-state index in [9.17, 15) is 0 Å². The molecule has 1 rings (SSSR count). The fourth-order valence-corrected chi connectivity index (χ4v) is 1.26. The van der Waals surface area contributed by atoms with Crippen LogP contribution >= 0.6 is 0 Å². The summed E-state index contributed by atoms with van der Waals surface area (Å²) in [7, 11) is 3.00. The number of nitrogens with one attached hydrogen (secondary N) is 2. The molecule has 1 unspecified atom stereocenters. The summed E-state index contributed by atoms with van der Waals surface area (Å²) in [5.74, 6) is 0. The van der Waals surface area contributed by atoms with Crippen LogP contribution in [0.1, 0.15) is 20.3 Å². The van der Waals surface area contributed by atoms with Gasteiger partial charge in [-0.2, -0.15) is 0 Å². The minimum Gasteiger partial charge on any atom is -0.385 e. The maximum absolute atomic E-state index is 4.50. The Hall–Kier alpha value is -1.10. The summed E-state index contributed by atoms with van der Waals surface area (Å²) in [6, 6.07) is 0.480. The van der Waals surface area contributed by atoms with Crippen molar-refractivity contribution in [3.8, 4) is 0 Å². The first kappa shape index (κ1) is 22.1. The predicted octanol–water partition coefficient (Wildman–Crippen LogP) is 1.37. The van der Waals surface area contributed by atoms with E-state index in [-0.39, 0.29) is 0 Å². The molecule has 0 radical (unpaired) electrons. The smallest absolute Gasteiger partial charge is 0.0416 e. The Morgan fingerprint density at radius 3 is 2.28 bits per heavy atom. The second-order valence-electron chi connectivity index (χ2n) is 3.21. The lowest BCUT2D eigenvalue weighted by molar-refractivity contribution is 0.698. The van der Waals surface area contributed by atoms with Crippen molar-refractivity contribution in [1.29, 1.82) is 0 Å². The molecule has 4 nitrogen and oxygen atoms in total. The zero-order valence-corrected chi connectivity index (χ0v) is 12.5. The Bertz CT molecular complexity index is 200. The van der Waals surface area contributed by atoms with Gasteiger partial charge in [0.1, 0.15) is 0 Å². The van der Waals surface area contributed by atoms with Gasteiger partial charge >= 0.3 is 0 Å². The van der Waals surface area contributed by atoms with Crippen molar-refractivity contribution in [2.24, 2.45) is 11.5 Å². The lowest BCUT2D eigenvalue weighted by atomic mass is 10.1. The molecule has 1 aliphatic heterocycles. The maximum atomic E-state index is 4.50. The van der Waals surface area contributed by atoms with Gasteiger partial charge in [-0.1, -0.05) is 13.0 Å². The van der Waals surface area contributed by atoms with E-state index in [4.69, 9.17) is 0 Å². The van der Waals surface area contributed by atoms with Gasteiger partial charge in [-0.05, 0) is 51.8 Å². The Labute approximate surface area is 113 Å². The number of hydrogen-bond donors (Lipinski definition) is 4. The molecule has 6 N–H and O–H groups in total. The Kier molecular flexibility index (Phi) is 26.1. The van der Waals surface area contributed by atoms with Crippen LogP contribution in [0.15, 0.2) is 37.1 Å². The lowest BCUT2D eigenvalue weighted by Gasteiger charge is -2.14. The zero-order valence-electron chi connectivity index (χ0n) is 12.5. The van der Waals surface area contributed by atoms with Crippen molar-refractivity contribution in [2.45, 2.75) is 26.3 Å². The minimum absolute atomic E-state index is 0.480. The average Bonchev–Trinajstić information content (AvgIpc) is 2.46. The molecular formula is C14H32N4. The van der Waals surface area contributed by atoms with Gasteiger partial charge in [-0.25, -0.2) is 0 Å². The van der Waals surface area contributed by atoms with Crippen LogP contribution in [-0.4, -0.2) is 33.2 Å². The average molecular weight is 256 g/mol. The SMILES string of the molecule is C=C.CCCNCC1=CC(C)NC=C1.CN.CN. The van der Waals surface area contributed by atoms with Crippen molar-refractivity contribution in [3.63, 3.8) is 0 Å². The first-order valence-corrected chi connectivity index (χ1v) is 6.32. The molecule has 18 heavy (non-hydrogen) atoms. The summed E-state index contributed by atoms with van der Waals surface area (Å²) < 4.78 is 0. The van der Waals surface area contributed by atoms with Crippen LogP contribution in [0.4, 0.5) is 0 Å². The molecule has 1 atom stereocenters. The molecule has 0 amide bonds. The third-order valence-electron chi connectivity index (χ3n) is 1.88. The first-order valence-electron chi connectivity index (χ1n) is 6.32. The molecule has 108 valence electrons. The van der Waals surface area contributed by atoms with E-state index < -0.39 is 0 Å². The third-order valence-corrected chi connectivity index (χ3v) is 1.88. The molecular weight excluding hydrogens is 224 g/mol. The number of dihydropyridines is 1. The summed E-state index contributed by atoms with van der Waals surface area (Å²) in [6.45, 7) is 12.4. The van der Waals surface area contributed by atoms with Gasteiger partial charge in [0.2, 0.25) is 0 Å². The second kappa shape index (κ2) is 21.2. The van der Waals surface area contributed by atoms with Crippen LogP contribution in [0.5, 0.6) is 0 Å². The standard InChI is InChI=1S/C10H18N2.C2H4.2CH5N/c1-3-5-11-8-10-4-6-12-9(2)7-10;3*1-2/h4,6-7,9,11-12H,3,5,8H2,1-2H3;1-2H2;2*2H2,1H3. The fraction of sp³-hybridized carbons (Fsp3) is 0.571. The fourth-order valence-electron chi connectivity index (χ4n) is 1.26. The van der Waals surface area contributed by atoms with Crippen LogP contribution in [0.25, 0.3) is 0 Å². The van der Waals surface area contributed by atoms with E-state index in [1.807, 2.05) is 6.20 Å². The van der Waals surface area contributed by atoms with Crippen molar-refractivity contribution < 1.29 is 0 Å². The summed E-state index contributed by atoms with van der Waals surface area (Å²) in [6.07, 6.45) is 7.60. The van der Waals surface area contributed by atoms with Crippen LogP contribution in [-0.2, 0) is 0 Å². The number of hydrogen-bond acceptors (Lipinski definition) is 4. The number of rotatable bonds is 4. The molecule has 0 bridgehead atoms. The zero-order chi connectivity index (χ0) is 14.8. The molecule has 0 saturated carbocycles. The first-order chi connectivity index (χ1) is 8.83. The molecule has 0 fully saturated rings. The molecule has 0 aromatic heterocycles. The van der Waals surface area contributed by atoms with Crippen LogP contribution in [0, 0.1) is 0 Å². The molecule has 0 spiro atoms. The van der Waals surface area contributed by atoms with E-state index in [0.717, 1.165) is 13.1 Å². The normalized spacial score (nSPS) is 15.4. The molecule has 1 heterocycles. The summed E-state index contributed by atoms with van der Waals surface area (Å²) >= 11 is 0. The third kappa shape index (κ3) is 14.9. The Morgan fingerprint density at radius 2 is 1.83 bits per heavy atom. The van der Waals surface area contributed by atoms with Gasteiger partial charge in [0.25, 0.3) is 0 Å². The van der Waals surface area contributed by atoms with Crippen LogP contribution in [0.3, 0.4) is 0 Å². The van der Waals surface area contributed by atoms with E-state index in [2.05, 4.69) is 61.3 Å². The maximum Gasteiger partial charge on any atom is 0.0416 e. The van der Waals surface area contributed by atoms with Crippen molar-refractivity contribution >= 4 is 0 Å². The highest BCUT2D eigenvalue weighted by molar-refractivity contribution is 5.25. The molecule has 0 saturated heterocycles. The van der Waals surface area contributed by atoms with E-state index in [0.29, 0.717) is 6.04 Å². The van der Waals surface area contributed by atoms with Crippen LogP contribution in [0.2, 0.25) is 0 Å². The monoisotopic (exact) mass is 256 g/mol. The lowest BCUT2D eigenvalue weighted by Crippen LogP contribution is -2.24. The topological polar surface area (TPSA) is 76.1 Å². The minimum atomic E-state index is 0.480. The van der Waals surface area contributed by atoms with Crippen LogP contribution < -0.4 is 22.1 Å². The van der Waals surface area contributed by atoms with Gasteiger partial charge in [-0.3, -0.25) is 0 Å². The highest BCUT2D eigenvalue weighted by Gasteiger charge is 2.01. The van der Waals surface area contributed by atoms with Crippen molar-refractivity contribution in [3.05, 3.63) is 37.1 Å². The molecule has 1 aliphatic rings. The Morgan fingerprint density at radius 1 is 1.28 bits per heavy atom. The van der Waals surface area contributed by atoms with Gasteiger partial charge in [-0.15, -0.1) is 13.2 Å². The van der Waals surface area contributed by atoms with Gasteiger partial charge in [0.15, 0.2) is 0 Å². The Balaban J connectivity index is -0.000000328. The largest absolute Gasteiger partial charge is 0.385 e. The predicted molar refractivity (Wildman–Crippen MR) is 84.5 cm³/mol. The highest BCUT2D eigenvalue weighted by Crippen LogP contribution is 2.02.